The van der Waals surface area contributed by atoms with Gasteiger partial charge in [-0.3, -0.25) is 0 Å². The summed E-state index contributed by atoms with van der Waals surface area (Å²) < 4.78 is 0. The van der Waals surface area contributed by atoms with Gasteiger partial charge in [-0.05, 0) is 114 Å². The van der Waals surface area contributed by atoms with Crippen LogP contribution in [0.1, 0.15) is 0 Å². The fraction of sp³-hybridized carbons (Fsp3) is 0. The van der Waals surface area contributed by atoms with Gasteiger partial charge in [0.05, 0.1) is 5.69 Å². The summed E-state index contributed by atoms with van der Waals surface area (Å²) in [5.74, 6) is 0. The van der Waals surface area contributed by atoms with E-state index in [9.17, 15) is 0 Å². The highest BCUT2D eigenvalue weighted by atomic mass is 15.1. The molecule has 0 N–H and O–H groups in total. The molecule has 1 heteroatoms. The van der Waals surface area contributed by atoms with E-state index in [4.69, 9.17) is 0 Å². The third kappa shape index (κ3) is 5.60. The molecule has 0 aliphatic rings. The van der Waals surface area contributed by atoms with Crippen LogP contribution in [0.3, 0.4) is 0 Å². The minimum absolute atomic E-state index is 1.11. The number of anilines is 3. The number of rotatable bonds is 6. The Labute approximate surface area is 309 Å². The normalized spacial score (nSPS) is 11.4. The topological polar surface area (TPSA) is 3.24 Å². The highest BCUT2D eigenvalue weighted by Gasteiger charge is 2.18. The van der Waals surface area contributed by atoms with E-state index in [-0.39, 0.29) is 0 Å². The Morgan fingerprint density at radius 1 is 0.245 bits per heavy atom. The van der Waals surface area contributed by atoms with Crippen LogP contribution in [0.25, 0.3) is 76.5 Å². The van der Waals surface area contributed by atoms with Gasteiger partial charge in [-0.15, -0.1) is 0 Å². The van der Waals surface area contributed by atoms with E-state index in [1.54, 1.807) is 0 Å². The molecule has 0 heterocycles. The zero-order chi connectivity index (χ0) is 35.1. The summed E-state index contributed by atoms with van der Waals surface area (Å²) in [4.78, 5) is 2.42. The predicted octanol–water partition coefficient (Wildman–Crippen LogP) is 14.8. The van der Waals surface area contributed by atoms with Gasteiger partial charge in [0.1, 0.15) is 0 Å². The van der Waals surface area contributed by atoms with Crippen molar-refractivity contribution in [2.45, 2.75) is 0 Å². The maximum atomic E-state index is 2.42. The van der Waals surface area contributed by atoms with Crippen LogP contribution in [0.5, 0.6) is 0 Å². The van der Waals surface area contributed by atoms with Crippen molar-refractivity contribution in [1.29, 1.82) is 0 Å². The highest BCUT2D eigenvalue weighted by Crippen LogP contribution is 2.43. The zero-order valence-electron chi connectivity index (χ0n) is 29.2. The fourth-order valence-electron chi connectivity index (χ4n) is 7.94. The van der Waals surface area contributed by atoms with Gasteiger partial charge in [-0.2, -0.15) is 0 Å². The largest absolute Gasteiger partial charge is 0.310 e. The first-order valence-corrected chi connectivity index (χ1v) is 18.3. The van der Waals surface area contributed by atoms with E-state index in [2.05, 4.69) is 217 Å². The minimum Gasteiger partial charge on any atom is -0.310 e. The van der Waals surface area contributed by atoms with Crippen molar-refractivity contribution >= 4 is 60.2 Å². The van der Waals surface area contributed by atoms with E-state index in [0.29, 0.717) is 0 Å². The molecule has 0 spiro atoms. The van der Waals surface area contributed by atoms with Gasteiger partial charge >= 0.3 is 0 Å². The zero-order valence-corrected chi connectivity index (χ0v) is 29.2. The molecule has 53 heavy (non-hydrogen) atoms. The Balaban J connectivity index is 1.17. The molecule has 0 aliphatic carbocycles. The third-order valence-corrected chi connectivity index (χ3v) is 10.6. The molecule has 0 saturated heterocycles. The summed E-state index contributed by atoms with van der Waals surface area (Å²) in [6.07, 6.45) is 0. The summed E-state index contributed by atoms with van der Waals surface area (Å²) in [7, 11) is 0. The maximum Gasteiger partial charge on any atom is 0.0546 e. The molecule has 10 aromatic rings. The highest BCUT2D eigenvalue weighted by molar-refractivity contribution is 6.20. The number of nitrogens with zero attached hydrogens (tertiary/aromatic N) is 1. The smallest absolute Gasteiger partial charge is 0.0546 e. The van der Waals surface area contributed by atoms with Gasteiger partial charge in [-0.1, -0.05) is 170 Å². The standard InChI is InChI=1S/C52H35N/c1-3-11-36(12-4-1)38-25-29-46(30-26-38)53(47-31-27-39(28-32-47)37-13-5-2-6-14-37)51-35-45(33-44-16-8-9-17-48(44)51)43-24-21-41-20-23-42-22-19-40-15-7-10-18-49(40)52(42)50(41)34-43/h1-35H. The molecule has 0 amide bonds. The first kappa shape index (κ1) is 30.8. The Bertz CT molecular complexity index is 2820. The number of hydrogen-bond acceptors (Lipinski definition) is 1. The molecule has 1 nitrogen and oxygen atoms in total. The summed E-state index contributed by atoms with van der Waals surface area (Å²) >= 11 is 0. The van der Waals surface area contributed by atoms with E-state index < -0.39 is 0 Å². The van der Waals surface area contributed by atoms with Crippen molar-refractivity contribution in [1.82, 2.24) is 0 Å². The Morgan fingerprint density at radius 3 is 1.32 bits per heavy atom. The van der Waals surface area contributed by atoms with Gasteiger partial charge in [0.15, 0.2) is 0 Å². The second-order valence-corrected chi connectivity index (χ2v) is 13.8. The van der Waals surface area contributed by atoms with E-state index >= 15 is 0 Å². The minimum atomic E-state index is 1.11. The molecule has 0 aliphatic heterocycles. The van der Waals surface area contributed by atoms with E-state index in [1.807, 2.05) is 0 Å². The van der Waals surface area contributed by atoms with Crippen molar-refractivity contribution in [2.24, 2.45) is 0 Å². The average molecular weight is 674 g/mol. The monoisotopic (exact) mass is 673 g/mol. The molecular weight excluding hydrogens is 639 g/mol. The van der Waals surface area contributed by atoms with Crippen molar-refractivity contribution in [3.05, 3.63) is 212 Å². The molecule has 10 rings (SSSR count). The predicted molar refractivity (Wildman–Crippen MR) is 227 cm³/mol. The van der Waals surface area contributed by atoms with Crippen LogP contribution >= 0.6 is 0 Å². The first-order chi connectivity index (χ1) is 26.3. The van der Waals surface area contributed by atoms with Crippen molar-refractivity contribution in [3.63, 3.8) is 0 Å². The van der Waals surface area contributed by atoms with Crippen LogP contribution in [0.15, 0.2) is 212 Å². The Kier molecular flexibility index (Phi) is 7.55. The number of benzene rings is 10. The van der Waals surface area contributed by atoms with Gasteiger partial charge in [0.2, 0.25) is 0 Å². The first-order valence-electron chi connectivity index (χ1n) is 18.3. The van der Waals surface area contributed by atoms with Crippen LogP contribution in [0, 0.1) is 0 Å². The van der Waals surface area contributed by atoms with Crippen LogP contribution < -0.4 is 4.90 Å². The lowest BCUT2D eigenvalue weighted by Gasteiger charge is -2.28. The third-order valence-electron chi connectivity index (χ3n) is 10.6. The molecule has 248 valence electrons. The molecule has 0 atom stereocenters. The van der Waals surface area contributed by atoms with Gasteiger partial charge in [0, 0.05) is 16.8 Å². The molecule has 0 radical (unpaired) electrons. The quantitative estimate of drug-likeness (QED) is 0.159. The van der Waals surface area contributed by atoms with Crippen LogP contribution in [-0.2, 0) is 0 Å². The Hall–Kier alpha value is -6.96. The SMILES string of the molecule is c1ccc(-c2ccc(N(c3ccc(-c4ccccc4)cc3)c3cc(-c4ccc5ccc6ccc7ccccc7c6c5c4)cc4ccccc34)cc2)cc1. The fourth-order valence-corrected chi connectivity index (χ4v) is 7.94. The van der Waals surface area contributed by atoms with Crippen LogP contribution in [0.2, 0.25) is 0 Å². The molecule has 0 bridgehead atoms. The van der Waals surface area contributed by atoms with Crippen molar-refractivity contribution in [2.75, 3.05) is 4.90 Å². The van der Waals surface area contributed by atoms with Gasteiger partial charge < -0.3 is 4.90 Å². The Morgan fingerprint density at radius 2 is 0.698 bits per heavy atom. The molecule has 0 saturated carbocycles. The van der Waals surface area contributed by atoms with E-state index in [1.165, 1.54) is 76.5 Å². The molecular formula is C52H35N. The number of hydrogen-bond donors (Lipinski definition) is 0. The second-order valence-electron chi connectivity index (χ2n) is 13.8. The average Bonchev–Trinajstić information content (AvgIpc) is 3.24. The van der Waals surface area contributed by atoms with Gasteiger partial charge in [0.25, 0.3) is 0 Å². The van der Waals surface area contributed by atoms with Crippen LogP contribution in [-0.4, -0.2) is 0 Å². The van der Waals surface area contributed by atoms with Gasteiger partial charge in [-0.25, -0.2) is 0 Å². The van der Waals surface area contributed by atoms with E-state index in [0.717, 1.165) is 17.1 Å². The molecule has 0 fully saturated rings. The van der Waals surface area contributed by atoms with Crippen molar-refractivity contribution in [3.8, 4) is 33.4 Å². The molecule has 0 unspecified atom stereocenters. The number of fused-ring (bicyclic) bond motifs is 6. The summed E-state index contributed by atoms with van der Waals surface area (Å²) in [5, 5.41) is 10.0. The molecule has 10 aromatic carbocycles. The summed E-state index contributed by atoms with van der Waals surface area (Å²) in [5.41, 5.74) is 10.6. The maximum absolute atomic E-state index is 2.42. The van der Waals surface area contributed by atoms with Crippen LogP contribution in [0.4, 0.5) is 17.1 Å². The molecule has 0 aromatic heterocycles. The lowest BCUT2D eigenvalue weighted by atomic mass is 9.93. The van der Waals surface area contributed by atoms with Crippen molar-refractivity contribution < 1.29 is 0 Å². The summed E-state index contributed by atoms with van der Waals surface area (Å²) in [6, 6.07) is 77.3. The lowest BCUT2D eigenvalue weighted by molar-refractivity contribution is 1.30. The second kappa shape index (κ2) is 13.0. The summed E-state index contributed by atoms with van der Waals surface area (Å²) in [6.45, 7) is 0. The lowest BCUT2D eigenvalue weighted by Crippen LogP contribution is -2.10.